The molecular weight excluding hydrogens is 257 g/mol. The summed E-state index contributed by atoms with van der Waals surface area (Å²) in [7, 11) is 0. The van der Waals surface area contributed by atoms with E-state index in [1.165, 1.54) is 6.07 Å². The third-order valence-electron chi connectivity index (χ3n) is 2.09. The fraction of sp³-hybridized carbons (Fsp3) is 0.333. The topological polar surface area (TPSA) is 66.4 Å². The van der Waals surface area contributed by atoms with Crippen LogP contribution in [0.1, 0.15) is 12.8 Å². The molecule has 1 rings (SSSR count). The lowest BCUT2D eigenvalue weighted by atomic mass is 10.3. The molecule has 1 aromatic carbocycles. The predicted octanol–water partition coefficient (Wildman–Crippen LogP) is 1.90. The summed E-state index contributed by atoms with van der Waals surface area (Å²) in [6.45, 7) is 0.322. The molecule has 2 N–H and O–H groups in total. The highest BCUT2D eigenvalue weighted by atomic mass is 32.2. The van der Waals surface area contributed by atoms with Crippen molar-refractivity contribution in [1.82, 2.24) is 5.32 Å². The van der Waals surface area contributed by atoms with Gasteiger partial charge in [0.15, 0.2) is 0 Å². The molecule has 0 aromatic heterocycles. The van der Waals surface area contributed by atoms with Gasteiger partial charge in [-0.25, -0.2) is 4.39 Å². The Morgan fingerprint density at radius 2 is 2.06 bits per heavy atom. The molecule has 0 fully saturated rings. The van der Waals surface area contributed by atoms with E-state index in [0.717, 1.165) is 11.8 Å². The summed E-state index contributed by atoms with van der Waals surface area (Å²) < 4.78 is 13.2. The molecule has 0 aliphatic carbocycles. The van der Waals surface area contributed by atoms with Crippen molar-refractivity contribution in [2.45, 2.75) is 17.7 Å². The van der Waals surface area contributed by atoms with Crippen LogP contribution in [-0.2, 0) is 9.59 Å². The maximum atomic E-state index is 13.2. The van der Waals surface area contributed by atoms with Crippen LogP contribution in [0.2, 0.25) is 0 Å². The normalized spacial score (nSPS) is 10.1. The van der Waals surface area contributed by atoms with Crippen molar-refractivity contribution < 1.29 is 19.1 Å². The minimum atomic E-state index is -0.884. The first-order chi connectivity index (χ1) is 8.59. The number of aliphatic carboxylic acids is 1. The number of hydrogen-bond donors (Lipinski definition) is 2. The van der Waals surface area contributed by atoms with E-state index in [1.807, 2.05) is 0 Å². The fourth-order valence-corrected chi connectivity index (χ4v) is 1.99. The van der Waals surface area contributed by atoms with Gasteiger partial charge in [0.2, 0.25) is 5.91 Å². The zero-order valence-corrected chi connectivity index (χ0v) is 10.5. The first-order valence-electron chi connectivity index (χ1n) is 5.45. The molecule has 0 saturated heterocycles. The summed E-state index contributed by atoms with van der Waals surface area (Å²) in [6.07, 6.45) is 0.423. The number of nitrogens with one attached hydrogen (secondary N) is 1. The van der Waals surface area contributed by atoms with Gasteiger partial charge >= 0.3 is 5.97 Å². The zero-order valence-electron chi connectivity index (χ0n) is 9.69. The van der Waals surface area contributed by atoms with Gasteiger partial charge in [-0.3, -0.25) is 9.59 Å². The van der Waals surface area contributed by atoms with Gasteiger partial charge in [-0.1, -0.05) is 12.1 Å². The second-order valence-electron chi connectivity index (χ2n) is 3.57. The van der Waals surface area contributed by atoms with Crippen molar-refractivity contribution in [1.29, 1.82) is 0 Å². The van der Waals surface area contributed by atoms with E-state index in [9.17, 15) is 14.0 Å². The highest BCUT2D eigenvalue weighted by Crippen LogP contribution is 2.20. The smallest absolute Gasteiger partial charge is 0.303 e. The van der Waals surface area contributed by atoms with Crippen LogP contribution in [0, 0.1) is 5.82 Å². The molecule has 0 saturated carbocycles. The molecule has 1 amide bonds. The standard InChI is InChI=1S/C12H14FNO3S/c13-9-4-1-2-5-10(9)18-8-11(15)14-7-3-6-12(16)17/h1-2,4-5H,3,6-8H2,(H,14,15)(H,16,17). The van der Waals surface area contributed by atoms with Gasteiger partial charge in [0, 0.05) is 17.9 Å². The summed E-state index contributed by atoms with van der Waals surface area (Å²) in [6, 6.07) is 6.24. The Morgan fingerprint density at radius 1 is 1.33 bits per heavy atom. The van der Waals surface area contributed by atoms with Gasteiger partial charge in [-0.15, -0.1) is 11.8 Å². The Balaban J connectivity index is 2.21. The Kier molecular flexibility index (Phi) is 6.21. The Bertz CT molecular complexity index is 426. The molecule has 0 unspecified atom stereocenters. The van der Waals surface area contributed by atoms with E-state index in [1.54, 1.807) is 18.2 Å². The molecule has 0 spiro atoms. The quantitative estimate of drug-likeness (QED) is 0.587. The Morgan fingerprint density at radius 3 is 2.72 bits per heavy atom. The molecule has 4 nitrogen and oxygen atoms in total. The number of thioether (sulfide) groups is 1. The monoisotopic (exact) mass is 271 g/mol. The summed E-state index contributed by atoms with van der Waals surface area (Å²) in [5.41, 5.74) is 0. The zero-order chi connectivity index (χ0) is 13.4. The molecule has 1 aromatic rings. The fourth-order valence-electron chi connectivity index (χ4n) is 1.22. The molecule has 0 radical (unpaired) electrons. The number of carboxylic acids is 1. The van der Waals surface area contributed by atoms with Crippen LogP contribution in [-0.4, -0.2) is 29.3 Å². The molecule has 98 valence electrons. The van der Waals surface area contributed by atoms with Gasteiger partial charge in [-0.05, 0) is 18.6 Å². The average Bonchev–Trinajstić information content (AvgIpc) is 2.33. The van der Waals surface area contributed by atoms with Crippen molar-refractivity contribution in [3.63, 3.8) is 0 Å². The van der Waals surface area contributed by atoms with Crippen molar-refractivity contribution in [3.05, 3.63) is 30.1 Å². The minimum absolute atomic E-state index is 0.0285. The lowest BCUT2D eigenvalue weighted by Gasteiger charge is -2.04. The van der Waals surface area contributed by atoms with Crippen LogP contribution >= 0.6 is 11.8 Å². The Hall–Kier alpha value is -1.56. The number of carbonyl (C=O) groups is 2. The predicted molar refractivity (Wildman–Crippen MR) is 67.0 cm³/mol. The van der Waals surface area contributed by atoms with Crippen LogP contribution in [0.25, 0.3) is 0 Å². The molecule has 6 heteroatoms. The first-order valence-corrected chi connectivity index (χ1v) is 6.44. The highest BCUT2D eigenvalue weighted by Gasteiger charge is 2.06. The van der Waals surface area contributed by atoms with E-state index in [0.29, 0.717) is 17.9 Å². The molecule has 0 atom stereocenters. The number of rotatable bonds is 7. The number of benzene rings is 1. The minimum Gasteiger partial charge on any atom is -0.481 e. The maximum absolute atomic E-state index is 13.2. The highest BCUT2D eigenvalue weighted by molar-refractivity contribution is 8.00. The van der Waals surface area contributed by atoms with Crippen LogP contribution < -0.4 is 5.32 Å². The maximum Gasteiger partial charge on any atom is 0.303 e. The first kappa shape index (κ1) is 14.5. The van der Waals surface area contributed by atoms with Crippen molar-refractivity contribution in [3.8, 4) is 0 Å². The molecule has 0 heterocycles. The van der Waals surface area contributed by atoms with Crippen molar-refractivity contribution in [2.75, 3.05) is 12.3 Å². The van der Waals surface area contributed by atoms with E-state index < -0.39 is 5.97 Å². The Labute approximate surface area is 109 Å². The van der Waals surface area contributed by atoms with Gasteiger partial charge in [0.25, 0.3) is 0 Å². The third kappa shape index (κ3) is 5.67. The largest absolute Gasteiger partial charge is 0.481 e. The van der Waals surface area contributed by atoms with E-state index in [2.05, 4.69) is 5.32 Å². The molecule has 18 heavy (non-hydrogen) atoms. The van der Waals surface area contributed by atoms with Crippen LogP contribution in [0.5, 0.6) is 0 Å². The van der Waals surface area contributed by atoms with Crippen molar-refractivity contribution in [2.24, 2.45) is 0 Å². The second-order valence-corrected chi connectivity index (χ2v) is 4.58. The van der Waals surface area contributed by atoms with Crippen LogP contribution in [0.3, 0.4) is 0 Å². The molecular formula is C12H14FNO3S. The number of carboxylic acid groups (broad SMARTS) is 1. The van der Waals surface area contributed by atoms with Gasteiger partial charge < -0.3 is 10.4 Å². The number of carbonyl (C=O) groups excluding carboxylic acids is 1. The van der Waals surface area contributed by atoms with E-state index in [-0.39, 0.29) is 23.9 Å². The summed E-state index contributed by atoms with van der Waals surface area (Å²) in [5.74, 6) is -1.34. The van der Waals surface area contributed by atoms with Gasteiger partial charge in [0.05, 0.1) is 5.75 Å². The van der Waals surface area contributed by atoms with Gasteiger partial charge in [0.1, 0.15) is 5.82 Å². The summed E-state index contributed by atoms with van der Waals surface area (Å²) in [5, 5.41) is 11.0. The number of halogens is 1. The SMILES string of the molecule is O=C(O)CCCNC(=O)CSc1ccccc1F. The van der Waals surface area contributed by atoms with Gasteiger partial charge in [-0.2, -0.15) is 0 Å². The van der Waals surface area contributed by atoms with Crippen molar-refractivity contribution >= 4 is 23.6 Å². The molecule has 0 bridgehead atoms. The third-order valence-corrected chi connectivity index (χ3v) is 3.13. The lowest BCUT2D eigenvalue weighted by molar-refractivity contribution is -0.137. The average molecular weight is 271 g/mol. The lowest BCUT2D eigenvalue weighted by Crippen LogP contribution is -2.26. The van der Waals surface area contributed by atoms with E-state index >= 15 is 0 Å². The number of amides is 1. The molecule has 0 aliphatic rings. The number of hydrogen-bond acceptors (Lipinski definition) is 3. The molecule has 0 aliphatic heterocycles. The second kappa shape index (κ2) is 7.71. The van der Waals surface area contributed by atoms with Crippen LogP contribution in [0.4, 0.5) is 4.39 Å². The van der Waals surface area contributed by atoms with Crippen LogP contribution in [0.15, 0.2) is 29.2 Å². The summed E-state index contributed by atoms with van der Waals surface area (Å²) >= 11 is 1.12. The summed E-state index contributed by atoms with van der Waals surface area (Å²) in [4.78, 5) is 22.0. The van der Waals surface area contributed by atoms with E-state index in [4.69, 9.17) is 5.11 Å².